The highest BCUT2D eigenvalue weighted by molar-refractivity contribution is 6.30. The third kappa shape index (κ3) is 4.71. The summed E-state index contributed by atoms with van der Waals surface area (Å²) < 4.78 is 5.44. The second kappa shape index (κ2) is 9.58. The average Bonchev–Trinajstić information content (AvgIpc) is 3.29. The molecule has 0 radical (unpaired) electrons. The van der Waals surface area contributed by atoms with E-state index in [1.807, 2.05) is 26.0 Å². The van der Waals surface area contributed by atoms with Gasteiger partial charge in [0.25, 0.3) is 5.91 Å². The number of amides is 1. The summed E-state index contributed by atoms with van der Waals surface area (Å²) in [5, 5.41) is 12.2. The summed E-state index contributed by atoms with van der Waals surface area (Å²) in [5.41, 5.74) is 1.98. The number of hydrogen-bond acceptors (Lipinski definition) is 6. The summed E-state index contributed by atoms with van der Waals surface area (Å²) in [4.78, 5) is 20.9. The van der Waals surface area contributed by atoms with E-state index >= 15 is 0 Å². The largest absolute Gasteiger partial charge is 0.496 e. The summed E-state index contributed by atoms with van der Waals surface area (Å²) >= 11 is 5.89. The fourth-order valence-corrected chi connectivity index (χ4v) is 3.30. The number of carbonyl (C=O) groups is 1. The van der Waals surface area contributed by atoms with Crippen LogP contribution in [0.3, 0.4) is 0 Å². The lowest BCUT2D eigenvalue weighted by atomic mass is 10.1. The molecule has 0 saturated carbocycles. The topological polar surface area (TPSA) is 85.2 Å². The number of carbonyl (C=O) groups excluding carboxylic acids is 1. The van der Waals surface area contributed by atoms with Crippen molar-refractivity contribution in [2.45, 2.75) is 26.3 Å². The molecule has 2 aromatic heterocycles. The van der Waals surface area contributed by atoms with Gasteiger partial charge in [-0.3, -0.25) is 4.79 Å². The van der Waals surface area contributed by atoms with Crippen molar-refractivity contribution in [3.63, 3.8) is 0 Å². The summed E-state index contributed by atoms with van der Waals surface area (Å²) in [6.45, 7) is 4.50. The van der Waals surface area contributed by atoms with Crippen LogP contribution in [0.25, 0.3) is 5.69 Å². The molecule has 1 amide bonds. The average molecular weight is 429 g/mol. The van der Waals surface area contributed by atoms with Gasteiger partial charge in [-0.1, -0.05) is 18.5 Å². The van der Waals surface area contributed by atoms with Gasteiger partial charge in [0.1, 0.15) is 11.6 Å². The van der Waals surface area contributed by atoms with Crippen molar-refractivity contribution < 1.29 is 9.53 Å². The van der Waals surface area contributed by atoms with Gasteiger partial charge in [-0.05, 0) is 43.2 Å². The highest BCUT2D eigenvalue weighted by Gasteiger charge is 2.24. The van der Waals surface area contributed by atoms with Crippen LogP contribution in [-0.4, -0.2) is 57.5 Å². The Morgan fingerprint density at radius 1 is 1.30 bits per heavy atom. The number of nitrogens with one attached hydrogen (secondary N) is 1. The summed E-state index contributed by atoms with van der Waals surface area (Å²) in [6.07, 6.45) is 5.51. The second-order valence-electron chi connectivity index (χ2n) is 6.88. The summed E-state index contributed by atoms with van der Waals surface area (Å²) in [5.74, 6) is 1.20. The fraction of sp³-hybridized carbons (Fsp3) is 0.333. The van der Waals surface area contributed by atoms with Crippen LogP contribution in [0, 0.1) is 6.92 Å². The minimum Gasteiger partial charge on any atom is -0.496 e. The minimum absolute atomic E-state index is 0.0549. The van der Waals surface area contributed by atoms with Crippen molar-refractivity contribution in [1.82, 2.24) is 24.9 Å². The lowest BCUT2D eigenvalue weighted by Gasteiger charge is -2.28. The van der Waals surface area contributed by atoms with Crippen LogP contribution >= 0.6 is 11.6 Å². The first-order valence-corrected chi connectivity index (χ1v) is 10.00. The Morgan fingerprint density at radius 2 is 2.03 bits per heavy atom. The van der Waals surface area contributed by atoms with E-state index in [1.165, 1.54) is 4.80 Å². The van der Waals surface area contributed by atoms with Gasteiger partial charge in [0, 0.05) is 25.8 Å². The molecule has 0 aliphatic heterocycles. The number of likely N-dealkylation sites (N-methyl/N-ethyl adjacent to an activating group) is 1. The maximum absolute atomic E-state index is 13.4. The molecule has 2 heterocycles. The zero-order valence-corrected chi connectivity index (χ0v) is 18.2. The van der Waals surface area contributed by atoms with Gasteiger partial charge in [-0.25, -0.2) is 4.98 Å². The van der Waals surface area contributed by atoms with E-state index < -0.39 is 0 Å². The molecule has 1 atom stereocenters. The van der Waals surface area contributed by atoms with Gasteiger partial charge in [-0.2, -0.15) is 15.0 Å². The number of anilines is 1. The molecule has 158 valence electrons. The van der Waals surface area contributed by atoms with Crippen LogP contribution in [0.2, 0.25) is 5.02 Å². The van der Waals surface area contributed by atoms with E-state index in [1.54, 1.807) is 49.8 Å². The smallest absolute Gasteiger partial charge is 0.256 e. The molecule has 30 heavy (non-hydrogen) atoms. The van der Waals surface area contributed by atoms with Crippen molar-refractivity contribution in [1.29, 1.82) is 0 Å². The molecule has 9 heteroatoms. The van der Waals surface area contributed by atoms with Crippen molar-refractivity contribution >= 4 is 23.3 Å². The number of ether oxygens (including phenoxy) is 1. The maximum Gasteiger partial charge on any atom is 0.256 e. The molecule has 3 aromatic rings. The molecule has 1 N–H and O–H groups in total. The number of benzene rings is 1. The Hall–Kier alpha value is -3.13. The van der Waals surface area contributed by atoms with Crippen molar-refractivity contribution in [2.75, 3.05) is 26.0 Å². The number of pyridine rings is 1. The molecule has 0 fully saturated rings. The molecule has 8 nitrogen and oxygen atoms in total. The first-order valence-electron chi connectivity index (χ1n) is 9.62. The summed E-state index contributed by atoms with van der Waals surface area (Å²) in [7, 11) is 3.38. The number of methoxy groups -OCH3 is 1. The van der Waals surface area contributed by atoms with Gasteiger partial charge in [0.15, 0.2) is 0 Å². The van der Waals surface area contributed by atoms with Gasteiger partial charge in [0.2, 0.25) is 0 Å². The van der Waals surface area contributed by atoms with E-state index in [4.69, 9.17) is 16.3 Å². The highest BCUT2D eigenvalue weighted by Crippen LogP contribution is 2.26. The van der Waals surface area contributed by atoms with Crippen LogP contribution < -0.4 is 10.1 Å². The monoisotopic (exact) mass is 428 g/mol. The van der Waals surface area contributed by atoms with Crippen LogP contribution in [0.15, 0.2) is 42.9 Å². The van der Waals surface area contributed by atoms with Crippen LogP contribution in [-0.2, 0) is 0 Å². The Balaban J connectivity index is 1.85. The molecule has 1 aromatic carbocycles. The van der Waals surface area contributed by atoms with E-state index in [-0.39, 0.29) is 11.9 Å². The fourth-order valence-electron chi connectivity index (χ4n) is 3.18. The lowest BCUT2D eigenvalue weighted by Crippen LogP contribution is -2.41. The Kier molecular flexibility index (Phi) is 6.89. The van der Waals surface area contributed by atoms with E-state index in [0.29, 0.717) is 34.4 Å². The van der Waals surface area contributed by atoms with Crippen LogP contribution in [0.5, 0.6) is 5.75 Å². The number of aryl methyl sites for hydroxylation is 1. The lowest BCUT2D eigenvalue weighted by molar-refractivity contribution is 0.0735. The van der Waals surface area contributed by atoms with Gasteiger partial charge >= 0.3 is 0 Å². The zero-order valence-electron chi connectivity index (χ0n) is 17.5. The Bertz CT molecular complexity index is 991. The van der Waals surface area contributed by atoms with Gasteiger partial charge in [0.05, 0.1) is 35.8 Å². The van der Waals surface area contributed by atoms with E-state index in [2.05, 4.69) is 20.5 Å². The number of hydrogen-bond donors (Lipinski definition) is 1. The first-order chi connectivity index (χ1) is 14.4. The number of aromatic nitrogens is 4. The minimum atomic E-state index is -0.140. The standard InChI is InChI=1S/C21H25ClN6O2/c1-5-16(13-24-20-7-6-15(22)12-23-20)27(3)21(29)17-11-19(30-4)14(2)10-18(17)28-25-8-9-26-28/h6-12,16H,5,13H2,1-4H3,(H,23,24). The molecule has 0 aliphatic rings. The van der Waals surface area contributed by atoms with Crippen molar-refractivity contribution in [3.05, 3.63) is 59.0 Å². The Labute approximate surface area is 180 Å². The highest BCUT2D eigenvalue weighted by atomic mass is 35.5. The molecule has 3 rings (SSSR count). The van der Waals surface area contributed by atoms with Gasteiger partial charge in [-0.15, -0.1) is 0 Å². The molecule has 0 spiro atoms. The number of rotatable bonds is 8. The van der Waals surface area contributed by atoms with Crippen LogP contribution in [0.4, 0.5) is 5.82 Å². The van der Waals surface area contributed by atoms with Gasteiger partial charge < -0.3 is 15.0 Å². The predicted molar refractivity (Wildman–Crippen MR) is 117 cm³/mol. The predicted octanol–water partition coefficient (Wildman–Crippen LogP) is 3.60. The van der Waals surface area contributed by atoms with E-state index in [9.17, 15) is 4.79 Å². The third-order valence-electron chi connectivity index (χ3n) is 4.96. The molecule has 0 aliphatic carbocycles. The van der Waals surface area contributed by atoms with Crippen molar-refractivity contribution in [3.8, 4) is 11.4 Å². The maximum atomic E-state index is 13.4. The van der Waals surface area contributed by atoms with Crippen LogP contribution in [0.1, 0.15) is 29.3 Å². The Morgan fingerprint density at radius 3 is 2.63 bits per heavy atom. The SMILES string of the molecule is CCC(CNc1ccc(Cl)cn1)N(C)C(=O)c1cc(OC)c(C)cc1-n1nccn1. The molecular weight excluding hydrogens is 404 g/mol. The normalized spacial score (nSPS) is 11.8. The number of nitrogens with zero attached hydrogens (tertiary/aromatic N) is 5. The zero-order chi connectivity index (χ0) is 21.7. The second-order valence-corrected chi connectivity index (χ2v) is 7.31. The van der Waals surface area contributed by atoms with E-state index in [0.717, 1.165) is 12.0 Å². The quantitative estimate of drug-likeness (QED) is 0.590. The molecular formula is C21H25ClN6O2. The molecule has 0 bridgehead atoms. The third-order valence-corrected chi connectivity index (χ3v) is 5.19. The first kappa shape index (κ1) is 21.6. The number of halogens is 1. The van der Waals surface area contributed by atoms with Crippen molar-refractivity contribution in [2.24, 2.45) is 0 Å². The molecule has 0 saturated heterocycles. The summed E-state index contributed by atoms with van der Waals surface area (Å²) in [6, 6.07) is 7.13. The molecule has 1 unspecified atom stereocenters.